The molecule has 0 aliphatic rings. The smallest absolute Gasteiger partial charge is 0.231 e. The van der Waals surface area contributed by atoms with E-state index in [1.165, 1.54) is 0 Å². The maximum atomic E-state index is 6.32. The van der Waals surface area contributed by atoms with Crippen molar-refractivity contribution >= 4 is 22.1 Å². The van der Waals surface area contributed by atoms with E-state index in [1.54, 1.807) is 0 Å². The molecular weight excluding hydrogens is 743 g/mol. The van der Waals surface area contributed by atoms with Crippen molar-refractivity contribution in [1.29, 1.82) is 0 Å². The molecule has 0 unspecified atom stereocenters. The van der Waals surface area contributed by atoms with Crippen molar-refractivity contribution in [3.05, 3.63) is 224 Å². The first-order valence-electron chi connectivity index (χ1n) is 20.5. The van der Waals surface area contributed by atoms with Gasteiger partial charge < -0.3 is 4.42 Å². The number of benzene rings is 8. The lowest BCUT2D eigenvalue weighted by Gasteiger charge is -2.12. The van der Waals surface area contributed by atoms with Crippen molar-refractivity contribution in [2.24, 2.45) is 0 Å². The van der Waals surface area contributed by atoms with Gasteiger partial charge in [0.2, 0.25) is 5.71 Å². The van der Waals surface area contributed by atoms with E-state index in [2.05, 4.69) is 170 Å². The van der Waals surface area contributed by atoms with Crippen molar-refractivity contribution in [3.63, 3.8) is 0 Å². The Morgan fingerprint density at radius 1 is 0.279 bits per heavy atom. The number of hydrogen-bond acceptors (Lipinski definition) is 4. The van der Waals surface area contributed by atoms with Gasteiger partial charge in [-0.05, 0) is 87.0 Å². The summed E-state index contributed by atoms with van der Waals surface area (Å²) in [7, 11) is 0. The molecule has 8 aromatic carbocycles. The molecule has 0 spiro atoms. The Kier molecular flexibility index (Phi) is 9.14. The number of aromatic nitrogens is 3. The van der Waals surface area contributed by atoms with Gasteiger partial charge >= 0.3 is 0 Å². The fraction of sp³-hybridized carbons (Fsp3) is 0. The lowest BCUT2D eigenvalue weighted by Crippen LogP contribution is -1.94. The van der Waals surface area contributed by atoms with E-state index in [9.17, 15) is 0 Å². The summed E-state index contributed by atoms with van der Waals surface area (Å²) < 4.78 is 6.32. The van der Waals surface area contributed by atoms with Gasteiger partial charge in [0.05, 0.1) is 22.5 Å². The van der Waals surface area contributed by atoms with Crippen LogP contribution in [0.3, 0.4) is 0 Å². The van der Waals surface area contributed by atoms with E-state index in [4.69, 9.17) is 19.4 Å². The van der Waals surface area contributed by atoms with Crippen LogP contribution in [0, 0.1) is 0 Å². The van der Waals surface area contributed by atoms with Gasteiger partial charge in [0.15, 0.2) is 5.82 Å². The molecule has 0 saturated carbocycles. The topological polar surface area (TPSA) is 51.8 Å². The number of para-hydroxylation sites is 1. The van der Waals surface area contributed by atoms with E-state index in [1.807, 2.05) is 54.6 Å². The molecule has 0 radical (unpaired) electrons. The molecule has 11 rings (SSSR count). The summed E-state index contributed by atoms with van der Waals surface area (Å²) in [6.45, 7) is 0. The highest BCUT2D eigenvalue weighted by Gasteiger charge is 2.19. The SMILES string of the molecule is c1ccc(-c2cc(-c3ccccc3)nc(-c3cccc(-c4cccc(-c5cccc(-c6cccc(-c7nc(-c8ccccc8)nc8oc9ccccc9c78)c6)c5)c4)c3)c2)cc1. The molecule has 3 aromatic heterocycles. The third-order valence-corrected chi connectivity index (χ3v) is 11.3. The highest BCUT2D eigenvalue weighted by Crippen LogP contribution is 2.39. The molecule has 0 atom stereocenters. The van der Waals surface area contributed by atoms with Crippen molar-refractivity contribution < 1.29 is 4.42 Å². The quantitative estimate of drug-likeness (QED) is 0.154. The molecule has 3 heterocycles. The molecule has 0 saturated heterocycles. The van der Waals surface area contributed by atoms with Gasteiger partial charge in [0, 0.05) is 27.6 Å². The molecule has 0 bridgehead atoms. The fourth-order valence-electron chi connectivity index (χ4n) is 8.24. The number of fused-ring (bicyclic) bond motifs is 3. The van der Waals surface area contributed by atoms with Gasteiger partial charge in [-0.2, -0.15) is 4.98 Å². The molecule has 0 aliphatic heterocycles. The first-order valence-corrected chi connectivity index (χ1v) is 20.5. The third-order valence-electron chi connectivity index (χ3n) is 11.3. The first-order chi connectivity index (χ1) is 30.2. The molecule has 61 heavy (non-hydrogen) atoms. The first kappa shape index (κ1) is 35.9. The second-order valence-electron chi connectivity index (χ2n) is 15.2. The Morgan fingerprint density at radius 2 is 0.705 bits per heavy atom. The summed E-state index contributed by atoms with van der Waals surface area (Å²) in [6.07, 6.45) is 0. The zero-order valence-corrected chi connectivity index (χ0v) is 33.1. The van der Waals surface area contributed by atoms with Crippen molar-refractivity contribution in [2.75, 3.05) is 0 Å². The van der Waals surface area contributed by atoms with Gasteiger partial charge in [0.25, 0.3) is 0 Å². The monoisotopic (exact) mass is 779 g/mol. The predicted octanol–water partition coefficient (Wildman–Crippen LogP) is 15.1. The lowest BCUT2D eigenvalue weighted by atomic mass is 9.94. The van der Waals surface area contributed by atoms with Gasteiger partial charge in [-0.15, -0.1) is 0 Å². The standard InChI is InChI=1S/C57H37N3O/c1-4-16-38(17-5-1)49-36-51(39-18-6-2-7-19-39)58-52(37-49)47-28-14-26-45(34-47)43-24-12-22-41(32-43)42-23-13-25-44(33-42)46-27-15-29-48(35-46)55-54-50-30-10-11-31-53(50)61-57(54)60-56(59-55)40-20-8-3-9-21-40/h1-37H. The Morgan fingerprint density at radius 3 is 1.30 bits per heavy atom. The van der Waals surface area contributed by atoms with Crippen LogP contribution in [0.5, 0.6) is 0 Å². The van der Waals surface area contributed by atoms with E-state index >= 15 is 0 Å². The van der Waals surface area contributed by atoms with Gasteiger partial charge in [0.1, 0.15) is 5.58 Å². The highest BCUT2D eigenvalue weighted by molar-refractivity contribution is 6.10. The Labute approximate surface area is 354 Å². The van der Waals surface area contributed by atoms with Crippen molar-refractivity contribution in [2.45, 2.75) is 0 Å². The zero-order chi connectivity index (χ0) is 40.5. The van der Waals surface area contributed by atoms with Crippen LogP contribution in [0.4, 0.5) is 0 Å². The number of pyridine rings is 1. The summed E-state index contributed by atoms with van der Waals surface area (Å²) in [6, 6.07) is 78.4. The van der Waals surface area contributed by atoms with E-state index < -0.39 is 0 Å². The minimum atomic E-state index is 0.580. The van der Waals surface area contributed by atoms with Gasteiger partial charge in [-0.1, -0.05) is 182 Å². The molecular formula is C57H37N3O. The minimum Gasteiger partial charge on any atom is -0.438 e. The highest BCUT2D eigenvalue weighted by atomic mass is 16.3. The van der Waals surface area contributed by atoms with Crippen LogP contribution in [0.2, 0.25) is 0 Å². The molecule has 0 N–H and O–H groups in total. The van der Waals surface area contributed by atoms with E-state index in [-0.39, 0.29) is 0 Å². The van der Waals surface area contributed by atoms with Crippen LogP contribution >= 0.6 is 0 Å². The lowest BCUT2D eigenvalue weighted by molar-refractivity contribution is 0.653. The largest absolute Gasteiger partial charge is 0.438 e. The van der Waals surface area contributed by atoms with E-state index in [0.29, 0.717) is 11.5 Å². The number of nitrogens with zero attached hydrogens (tertiary/aromatic N) is 3. The van der Waals surface area contributed by atoms with Gasteiger partial charge in [-0.3, -0.25) is 0 Å². The zero-order valence-electron chi connectivity index (χ0n) is 33.1. The molecule has 286 valence electrons. The van der Waals surface area contributed by atoms with Gasteiger partial charge in [-0.25, -0.2) is 9.97 Å². The average Bonchev–Trinajstić information content (AvgIpc) is 3.73. The molecule has 0 amide bonds. The Bertz CT molecular complexity index is 3300. The second-order valence-corrected chi connectivity index (χ2v) is 15.2. The number of rotatable bonds is 8. The predicted molar refractivity (Wildman–Crippen MR) is 251 cm³/mol. The molecule has 0 fully saturated rings. The van der Waals surface area contributed by atoms with Crippen LogP contribution in [0.25, 0.3) is 112 Å². The maximum Gasteiger partial charge on any atom is 0.231 e. The maximum absolute atomic E-state index is 6.32. The summed E-state index contributed by atoms with van der Waals surface area (Å²) in [5.74, 6) is 0.633. The number of furan rings is 1. The summed E-state index contributed by atoms with van der Waals surface area (Å²) in [4.78, 5) is 15.3. The molecule has 11 aromatic rings. The average molecular weight is 780 g/mol. The fourth-order valence-corrected chi connectivity index (χ4v) is 8.24. The summed E-state index contributed by atoms with van der Waals surface area (Å²) >= 11 is 0. The van der Waals surface area contributed by atoms with Crippen molar-refractivity contribution in [1.82, 2.24) is 15.0 Å². The van der Waals surface area contributed by atoms with Crippen LogP contribution in [0.1, 0.15) is 0 Å². The van der Waals surface area contributed by atoms with Crippen LogP contribution in [0.15, 0.2) is 229 Å². The van der Waals surface area contributed by atoms with E-state index in [0.717, 1.165) is 100 Å². The molecule has 4 heteroatoms. The molecule has 0 aliphatic carbocycles. The van der Waals surface area contributed by atoms with Crippen LogP contribution < -0.4 is 0 Å². The summed E-state index contributed by atoms with van der Waals surface area (Å²) in [5.41, 5.74) is 17.3. The summed E-state index contributed by atoms with van der Waals surface area (Å²) in [5, 5.41) is 1.91. The Hall–Kier alpha value is -8.21. The molecule has 4 nitrogen and oxygen atoms in total. The second kappa shape index (κ2) is 15.5. The van der Waals surface area contributed by atoms with Crippen molar-refractivity contribution in [3.8, 4) is 89.7 Å². The van der Waals surface area contributed by atoms with Crippen LogP contribution in [-0.2, 0) is 0 Å². The Balaban J connectivity index is 0.945. The number of hydrogen-bond donors (Lipinski definition) is 0. The normalized spacial score (nSPS) is 11.3. The van der Waals surface area contributed by atoms with Crippen LogP contribution in [-0.4, -0.2) is 15.0 Å². The minimum absolute atomic E-state index is 0.580. The third kappa shape index (κ3) is 7.07.